The molecule has 1 atom stereocenters. The maximum Gasteiger partial charge on any atom is 0.259 e. The predicted octanol–water partition coefficient (Wildman–Crippen LogP) is 0.956. The number of fused-ring (bicyclic) bond motifs is 1. The molecule has 0 aromatic carbocycles. The number of aliphatic hydroxyl groups excluding tert-OH is 1. The topological polar surface area (TPSA) is 83.7 Å². The summed E-state index contributed by atoms with van der Waals surface area (Å²) in [6, 6.07) is 0. The standard InChI is InChI=1S/C9H12ClN3O3S2/c1-6(5-14)4-11-18(15,16)8-7(10)12-9-13(8)2-3-17-9/h2-3,6,11,14H,4-5H2,1H3. The Labute approximate surface area is 113 Å². The van der Waals surface area contributed by atoms with Crippen LogP contribution >= 0.6 is 22.9 Å². The molecule has 0 saturated heterocycles. The molecular weight excluding hydrogens is 298 g/mol. The Morgan fingerprint density at radius 1 is 1.67 bits per heavy atom. The van der Waals surface area contributed by atoms with Crippen LogP contribution in [0.3, 0.4) is 0 Å². The van der Waals surface area contributed by atoms with Crippen LogP contribution in [0.5, 0.6) is 0 Å². The van der Waals surface area contributed by atoms with Crippen LogP contribution < -0.4 is 4.72 Å². The van der Waals surface area contributed by atoms with Gasteiger partial charge in [0.2, 0.25) is 0 Å². The first-order valence-corrected chi connectivity index (χ1v) is 7.91. The Morgan fingerprint density at radius 2 is 2.39 bits per heavy atom. The first-order chi connectivity index (χ1) is 8.45. The summed E-state index contributed by atoms with van der Waals surface area (Å²) < 4.78 is 28.1. The molecule has 2 heterocycles. The van der Waals surface area contributed by atoms with Gasteiger partial charge < -0.3 is 5.11 Å². The number of nitrogens with one attached hydrogen (secondary N) is 1. The van der Waals surface area contributed by atoms with E-state index in [2.05, 4.69) is 9.71 Å². The van der Waals surface area contributed by atoms with E-state index in [0.717, 1.165) is 0 Å². The lowest BCUT2D eigenvalue weighted by Crippen LogP contribution is -2.30. The SMILES string of the molecule is CC(CO)CNS(=O)(=O)c1c(Cl)nc2sccn12. The summed E-state index contributed by atoms with van der Waals surface area (Å²) in [5, 5.41) is 10.5. The van der Waals surface area contributed by atoms with E-state index in [-0.39, 0.29) is 29.2 Å². The molecule has 0 aliphatic rings. The third kappa shape index (κ3) is 2.52. The van der Waals surface area contributed by atoms with Gasteiger partial charge in [-0.2, -0.15) is 0 Å². The molecule has 2 rings (SSSR count). The third-order valence-corrected chi connectivity index (χ3v) is 4.94. The maximum atomic E-state index is 12.1. The van der Waals surface area contributed by atoms with E-state index < -0.39 is 10.0 Å². The molecule has 2 N–H and O–H groups in total. The van der Waals surface area contributed by atoms with Gasteiger partial charge in [0.1, 0.15) is 0 Å². The molecule has 1 unspecified atom stereocenters. The van der Waals surface area contributed by atoms with Crippen LogP contribution in [-0.4, -0.2) is 36.1 Å². The molecule has 100 valence electrons. The molecule has 18 heavy (non-hydrogen) atoms. The van der Waals surface area contributed by atoms with E-state index in [4.69, 9.17) is 16.7 Å². The molecule has 0 aliphatic carbocycles. The summed E-state index contributed by atoms with van der Waals surface area (Å²) in [5.74, 6) is -0.163. The zero-order valence-electron chi connectivity index (χ0n) is 9.50. The molecule has 0 radical (unpaired) electrons. The second-order valence-corrected chi connectivity index (χ2v) is 6.82. The van der Waals surface area contributed by atoms with Crippen LogP contribution in [0.15, 0.2) is 16.6 Å². The minimum absolute atomic E-state index is 0.0500. The summed E-state index contributed by atoms with van der Waals surface area (Å²) in [6.45, 7) is 1.80. The monoisotopic (exact) mass is 309 g/mol. The highest BCUT2D eigenvalue weighted by Crippen LogP contribution is 2.25. The van der Waals surface area contributed by atoms with Gasteiger partial charge in [0.15, 0.2) is 15.1 Å². The lowest BCUT2D eigenvalue weighted by molar-refractivity contribution is 0.238. The van der Waals surface area contributed by atoms with Crippen LogP contribution in [0.25, 0.3) is 4.96 Å². The number of imidazole rings is 1. The highest BCUT2D eigenvalue weighted by Gasteiger charge is 2.25. The zero-order chi connectivity index (χ0) is 13.3. The minimum atomic E-state index is -3.74. The zero-order valence-corrected chi connectivity index (χ0v) is 11.9. The van der Waals surface area contributed by atoms with Crippen molar-refractivity contribution in [2.75, 3.05) is 13.2 Å². The molecule has 0 bridgehead atoms. The number of nitrogens with zero attached hydrogens (tertiary/aromatic N) is 2. The van der Waals surface area contributed by atoms with Crippen molar-refractivity contribution >= 4 is 37.9 Å². The van der Waals surface area contributed by atoms with Crippen molar-refractivity contribution in [3.05, 3.63) is 16.7 Å². The number of hydrogen-bond acceptors (Lipinski definition) is 5. The molecule has 2 aromatic rings. The van der Waals surface area contributed by atoms with Crippen LogP contribution in [0, 0.1) is 5.92 Å². The smallest absolute Gasteiger partial charge is 0.259 e. The second-order valence-electron chi connectivity index (χ2n) is 3.90. The average Bonchev–Trinajstić information content (AvgIpc) is 2.84. The van der Waals surface area contributed by atoms with Gasteiger partial charge in [0, 0.05) is 24.7 Å². The Hall–Kier alpha value is -0.670. The fourth-order valence-corrected chi connectivity index (χ4v) is 3.98. The van der Waals surface area contributed by atoms with Gasteiger partial charge in [-0.15, -0.1) is 11.3 Å². The van der Waals surface area contributed by atoms with Crippen LogP contribution in [0.2, 0.25) is 5.15 Å². The van der Waals surface area contributed by atoms with Gasteiger partial charge in [-0.1, -0.05) is 18.5 Å². The van der Waals surface area contributed by atoms with Crippen LogP contribution in [0.4, 0.5) is 0 Å². The molecule has 2 aromatic heterocycles. The van der Waals surface area contributed by atoms with Crippen molar-refractivity contribution in [2.24, 2.45) is 5.92 Å². The largest absolute Gasteiger partial charge is 0.396 e. The Bertz CT molecular complexity index is 649. The molecule has 9 heteroatoms. The van der Waals surface area contributed by atoms with Gasteiger partial charge in [-0.05, 0) is 5.92 Å². The van der Waals surface area contributed by atoms with E-state index in [0.29, 0.717) is 4.96 Å². The van der Waals surface area contributed by atoms with Crippen molar-refractivity contribution in [1.29, 1.82) is 0 Å². The number of thiazole rings is 1. The average molecular weight is 310 g/mol. The van der Waals surface area contributed by atoms with Crippen molar-refractivity contribution < 1.29 is 13.5 Å². The van der Waals surface area contributed by atoms with E-state index in [1.54, 1.807) is 18.5 Å². The molecular formula is C9H12ClN3O3S2. The highest BCUT2D eigenvalue weighted by molar-refractivity contribution is 7.89. The lowest BCUT2D eigenvalue weighted by atomic mass is 10.2. The molecule has 0 spiro atoms. The first-order valence-electron chi connectivity index (χ1n) is 5.17. The number of sulfonamides is 1. The molecule has 0 amide bonds. The summed E-state index contributed by atoms with van der Waals surface area (Å²) in [4.78, 5) is 4.49. The fraction of sp³-hybridized carbons (Fsp3) is 0.444. The Balaban J connectivity index is 2.34. The van der Waals surface area contributed by atoms with Gasteiger partial charge in [0.25, 0.3) is 10.0 Å². The van der Waals surface area contributed by atoms with Crippen molar-refractivity contribution in [1.82, 2.24) is 14.1 Å². The van der Waals surface area contributed by atoms with Gasteiger partial charge >= 0.3 is 0 Å². The first kappa shape index (κ1) is 13.8. The fourth-order valence-electron chi connectivity index (χ4n) is 1.36. The number of hydrogen-bond donors (Lipinski definition) is 2. The van der Waals surface area contributed by atoms with Crippen LogP contribution in [0.1, 0.15) is 6.92 Å². The third-order valence-electron chi connectivity index (χ3n) is 2.37. The van der Waals surface area contributed by atoms with Crippen molar-refractivity contribution in [2.45, 2.75) is 11.9 Å². The van der Waals surface area contributed by atoms with Gasteiger partial charge in [-0.3, -0.25) is 4.40 Å². The van der Waals surface area contributed by atoms with Gasteiger partial charge in [-0.25, -0.2) is 18.1 Å². The molecule has 0 fully saturated rings. The molecule has 0 saturated carbocycles. The van der Waals surface area contributed by atoms with E-state index >= 15 is 0 Å². The van der Waals surface area contributed by atoms with Crippen molar-refractivity contribution in [3.8, 4) is 0 Å². The Morgan fingerprint density at radius 3 is 3.06 bits per heavy atom. The number of aliphatic hydroxyl groups is 1. The van der Waals surface area contributed by atoms with Crippen LogP contribution in [-0.2, 0) is 10.0 Å². The highest BCUT2D eigenvalue weighted by atomic mass is 35.5. The normalized spacial score (nSPS) is 14.2. The van der Waals surface area contributed by atoms with E-state index in [1.165, 1.54) is 15.7 Å². The maximum absolute atomic E-state index is 12.1. The van der Waals surface area contributed by atoms with E-state index in [1.807, 2.05) is 0 Å². The number of aromatic nitrogens is 2. The quantitative estimate of drug-likeness (QED) is 0.861. The Kier molecular flexibility index (Phi) is 3.93. The minimum Gasteiger partial charge on any atom is -0.396 e. The summed E-state index contributed by atoms with van der Waals surface area (Å²) in [6.07, 6.45) is 1.60. The number of halogens is 1. The second kappa shape index (κ2) is 5.14. The number of rotatable bonds is 5. The van der Waals surface area contributed by atoms with Gasteiger partial charge in [0.05, 0.1) is 0 Å². The molecule has 0 aliphatic heterocycles. The molecule has 6 nitrogen and oxygen atoms in total. The summed E-state index contributed by atoms with van der Waals surface area (Å²) in [7, 11) is -3.74. The summed E-state index contributed by atoms with van der Waals surface area (Å²) >= 11 is 7.15. The predicted molar refractivity (Wildman–Crippen MR) is 69.5 cm³/mol. The van der Waals surface area contributed by atoms with Crippen molar-refractivity contribution in [3.63, 3.8) is 0 Å². The van der Waals surface area contributed by atoms with E-state index in [9.17, 15) is 8.42 Å². The summed E-state index contributed by atoms with van der Waals surface area (Å²) in [5.41, 5.74) is 0. The lowest BCUT2D eigenvalue weighted by Gasteiger charge is -2.09.